The third kappa shape index (κ3) is 3.66. The van der Waals surface area contributed by atoms with Crippen LogP contribution in [-0.4, -0.2) is 20.7 Å². The molecular weight excluding hydrogens is 284 g/mol. The van der Waals surface area contributed by atoms with E-state index in [1.807, 2.05) is 31.2 Å². The second-order valence-corrected chi connectivity index (χ2v) is 5.31. The number of nitrogens with two attached hydrogens (primary N) is 1. The molecule has 21 heavy (non-hydrogen) atoms. The molecule has 6 heteroatoms. The largest absolute Gasteiger partial charge is 0.389 e. The summed E-state index contributed by atoms with van der Waals surface area (Å²) in [5.41, 5.74) is 8.56. The average Bonchev–Trinajstić information content (AvgIpc) is 2.79. The second kappa shape index (κ2) is 6.49. The van der Waals surface area contributed by atoms with E-state index in [-0.39, 0.29) is 10.9 Å². The highest BCUT2D eigenvalue weighted by Gasteiger charge is 2.13. The number of nitrogens with one attached hydrogen (secondary N) is 1. The number of nitrogens with zero attached hydrogens (tertiary/aromatic N) is 2. The van der Waals surface area contributed by atoms with Crippen molar-refractivity contribution in [3.63, 3.8) is 0 Å². The molecule has 0 atom stereocenters. The van der Waals surface area contributed by atoms with Crippen LogP contribution < -0.4 is 11.1 Å². The Bertz CT molecular complexity index is 678. The zero-order chi connectivity index (χ0) is 15.4. The predicted octanol–water partition coefficient (Wildman–Crippen LogP) is 1.93. The van der Waals surface area contributed by atoms with Gasteiger partial charge in [0.05, 0.1) is 11.8 Å². The van der Waals surface area contributed by atoms with Crippen LogP contribution in [0.4, 0.5) is 5.82 Å². The summed E-state index contributed by atoms with van der Waals surface area (Å²) in [6.45, 7) is 2.04. The van der Waals surface area contributed by atoms with Crippen LogP contribution in [0.1, 0.15) is 23.1 Å². The smallest absolute Gasteiger partial charge is 0.225 e. The molecule has 0 bridgehead atoms. The Hall–Kier alpha value is -2.21. The zero-order valence-electron chi connectivity index (χ0n) is 12.1. The van der Waals surface area contributed by atoms with Gasteiger partial charge in [-0.2, -0.15) is 5.10 Å². The number of aryl methyl sites for hydroxylation is 3. The number of benzene rings is 1. The van der Waals surface area contributed by atoms with Gasteiger partial charge in [-0.1, -0.05) is 36.5 Å². The first-order valence-electron chi connectivity index (χ1n) is 6.65. The molecule has 1 aromatic heterocycles. The van der Waals surface area contributed by atoms with Crippen molar-refractivity contribution in [2.45, 2.75) is 19.8 Å². The van der Waals surface area contributed by atoms with Crippen LogP contribution in [0.5, 0.6) is 0 Å². The summed E-state index contributed by atoms with van der Waals surface area (Å²) in [6.07, 6.45) is 2.64. The molecule has 0 fully saturated rings. The number of carbonyl (C=O) groups is 1. The minimum atomic E-state index is -0.0839. The van der Waals surface area contributed by atoms with Gasteiger partial charge in [0, 0.05) is 13.5 Å². The zero-order valence-corrected chi connectivity index (χ0v) is 12.9. The van der Waals surface area contributed by atoms with E-state index in [0.29, 0.717) is 24.2 Å². The van der Waals surface area contributed by atoms with Crippen molar-refractivity contribution >= 4 is 28.9 Å². The number of aromatic nitrogens is 2. The molecule has 0 saturated carbocycles. The van der Waals surface area contributed by atoms with Crippen LogP contribution in [-0.2, 0) is 18.3 Å². The molecule has 0 saturated heterocycles. The van der Waals surface area contributed by atoms with Gasteiger partial charge in [0.1, 0.15) is 10.8 Å². The van der Waals surface area contributed by atoms with Crippen molar-refractivity contribution in [2.75, 3.05) is 5.32 Å². The number of hydrogen-bond acceptors (Lipinski definition) is 3. The number of thiocarbonyl (C=S) groups is 1. The molecule has 0 radical (unpaired) electrons. The van der Waals surface area contributed by atoms with Gasteiger partial charge >= 0.3 is 0 Å². The second-order valence-electron chi connectivity index (χ2n) is 4.87. The van der Waals surface area contributed by atoms with Crippen molar-refractivity contribution in [2.24, 2.45) is 12.8 Å². The highest BCUT2D eigenvalue weighted by Crippen LogP contribution is 2.15. The fraction of sp³-hybridized carbons (Fsp3) is 0.267. The van der Waals surface area contributed by atoms with Gasteiger partial charge in [-0.15, -0.1) is 0 Å². The predicted molar refractivity (Wildman–Crippen MR) is 87.2 cm³/mol. The van der Waals surface area contributed by atoms with Gasteiger partial charge in [0.25, 0.3) is 0 Å². The van der Waals surface area contributed by atoms with Gasteiger partial charge in [-0.05, 0) is 24.5 Å². The van der Waals surface area contributed by atoms with Crippen molar-refractivity contribution in [1.82, 2.24) is 9.78 Å². The van der Waals surface area contributed by atoms with Gasteiger partial charge in [-0.3, -0.25) is 9.48 Å². The number of hydrogen-bond donors (Lipinski definition) is 2. The molecular formula is C15H18N4OS. The van der Waals surface area contributed by atoms with Crippen LogP contribution in [0, 0.1) is 6.92 Å². The molecule has 0 aliphatic rings. The van der Waals surface area contributed by atoms with Crippen molar-refractivity contribution in [3.8, 4) is 0 Å². The summed E-state index contributed by atoms with van der Waals surface area (Å²) in [5, 5.41) is 6.88. The van der Waals surface area contributed by atoms with Crippen LogP contribution in [0.15, 0.2) is 30.5 Å². The Morgan fingerprint density at radius 3 is 2.81 bits per heavy atom. The minimum Gasteiger partial charge on any atom is -0.389 e. The van der Waals surface area contributed by atoms with E-state index in [1.165, 1.54) is 11.1 Å². The van der Waals surface area contributed by atoms with E-state index < -0.39 is 0 Å². The lowest BCUT2D eigenvalue weighted by Gasteiger charge is -2.09. The lowest BCUT2D eigenvalue weighted by Crippen LogP contribution is -2.19. The van der Waals surface area contributed by atoms with Crippen molar-refractivity contribution in [1.29, 1.82) is 0 Å². The van der Waals surface area contributed by atoms with Crippen LogP contribution in [0.25, 0.3) is 0 Å². The highest BCUT2D eigenvalue weighted by atomic mass is 32.1. The Morgan fingerprint density at radius 2 is 2.14 bits per heavy atom. The summed E-state index contributed by atoms with van der Waals surface area (Å²) in [7, 11) is 1.73. The number of amides is 1. The van der Waals surface area contributed by atoms with Crippen molar-refractivity contribution in [3.05, 3.63) is 47.2 Å². The van der Waals surface area contributed by atoms with E-state index >= 15 is 0 Å². The molecule has 0 spiro atoms. The Kier molecular flexibility index (Phi) is 4.70. The maximum absolute atomic E-state index is 12.1. The molecule has 0 aliphatic heterocycles. The Morgan fingerprint density at radius 1 is 1.43 bits per heavy atom. The van der Waals surface area contributed by atoms with Gasteiger partial charge in [0.15, 0.2) is 0 Å². The molecule has 1 heterocycles. The minimum absolute atomic E-state index is 0.0839. The molecule has 0 unspecified atom stereocenters. The maximum Gasteiger partial charge on any atom is 0.225 e. The highest BCUT2D eigenvalue weighted by molar-refractivity contribution is 7.80. The summed E-state index contributed by atoms with van der Waals surface area (Å²) in [4.78, 5) is 12.3. The number of carbonyl (C=O) groups excluding carboxylic acids is 1. The first-order chi connectivity index (χ1) is 9.99. The normalized spacial score (nSPS) is 10.4. The van der Waals surface area contributed by atoms with Gasteiger partial charge < -0.3 is 11.1 Å². The molecule has 1 amide bonds. The summed E-state index contributed by atoms with van der Waals surface area (Å²) in [5.74, 6) is 0.455. The van der Waals surface area contributed by atoms with E-state index in [2.05, 4.69) is 10.4 Å². The monoisotopic (exact) mass is 302 g/mol. The molecule has 1 aromatic carbocycles. The fourth-order valence-electron chi connectivity index (χ4n) is 2.10. The van der Waals surface area contributed by atoms with Crippen LogP contribution in [0.3, 0.4) is 0 Å². The van der Waals surface area contributed by atoms with E-state index in [0.717, 1.165) is 0 Å². The molecule has 3 N–H and O–H groups in total. The molecule has 110 valence electrons. The van der Waals surface area contributed by atoms with E-state index in [9.17, 15) is 4.79 Å². The SMILES string of the molecule is Cc1ccccc1CCC(=O)Nc1c(C(N)=S)cnn1C. The third-order valence-corrected chi connectivity index (χ3v) is 3.56. The van der Waals surface area contributed by atoms with E-state index in [4.69, 9.17) is 18.0 Å². The van der Waals surface area contributed by atoms with Gasteiger partial charge in [-0.25, -0.2) is 0 Å². The number of rotatable bonds is 5. The fourth-order valence-corrected chi connectivity index (χ4v) is 2.25. The van der Waals surface area contributed by atoms with Crippen LogP contribution >= 0.6 is 12.2 Å². The molecule has 2 aromatic rings. The summed E-state index contributed by atoms with van der Waals surface area (Å²) >= 11 is 4.95. The molecule has 0 aliphatic carbocycles. The molecule has 2 rings (SSSR count). The summed E-state index contributed by atoms with van der Waals surface area (Å²) < 4.78 is 1.56. The number of anilines is 1. The molecule has 5 nitrogen and oxygen atoms in total. The first kappa shape index (κ1) is 15.2. The topological polar surface area (TPSA) is 72.9 Å². The standard InChI is InChI=1S/C15H18N4OS/c1-10-5-3-4-6-11(10)7-8-13(20)18-15-12(14(16)21)9-17-19(15)2/h3-6,9H,7-8H2,1-2H3,(H2,16,21)(H,18,20). The van der Waals surface area contributed by atoms with Crippen LogP contribution in [0.2, 0.25) is 0 Å². The average molecular weight is 302 g/mol. The van der Waals surface area contributed by atoms with E-state index in [1.54, 1.807) is 17.9 Å². The van der Waals surface area contributed by atoms with Crippen molar-refractivity contribution < 1.29 is 4.79 Å². The maximum atomic E-state index is 12.1. The third-order valence-electron chi connectivity index (χ3n) is 3.34. The quantitative estimate of drug-likeness (QED) is 0.828. The first-order valence-corrected chi connectivity index (χ1v) is 7.06. The van der Waals surface area contributed by atoms with Gasteiger partial charge in [0.2, 0.25) is 5.91 Å². The Balaban J connectivity index is 2.01. The summed E-state index contributed by atoms with van der Waals surface area (Å²) in [6, 6.07) is 8.04. The Labute approximate surface area is 129 Å². The lowest BCUT2D eigenvalue weighted by atomic mass is 10.0. The lowest BCUT2D eigenvalue weighted by molar-refractivity contribution is -0.116.